The third kappa shape index (κ3) is 2.97. The first-order valence-corrected chi connectivity index (χ1v) is 7.23. The van der Waals surface area contributed by atoms with Crippen molar-refractivity contribution in [1.82, 2.24) is 14.5 Å². The molecule has 1 unspecified atom stereocenters. The topological polar surface area (TPSA) is 50.2 Å². The van der Waals surface area contributed by atoms with Crippen LogP contribution in [0.25, 0.3) is 0 Å². The van der Waals surface area contributed by atoms with Crippen LogP contribution in [0.4, 0.5) is 5.82 Å². The van der Waals surface area contributed by atoms with Crippen molar-refractivity contribution < 1.29 is 0 Å². The van der Waals surface area contributed by atoms with Gasteiger partial charge in [-0.25, -0.2) is 4.98 Å². The van der Waals surface area contributed by atoms with Gasteiger partial charge < -0.3 is 14.8 Å². The zero-order chi connectivity index (χ0) is 13.2. The first-order valence-electron chi connectivity index (χ1n) is 7.23. The molecule has 1 aromatic rings. The molecular weight excluding hydrogens is 240 g/mol. The van der Waals surface area contributed by atoms with Crippen molar-refractivity contribution in [3.8, 4) is 0 Å². The van der Waals surface area contributed by atoms with Gasteiger partial charge in [-0.2, -0.15) is 0 Å². The largest absolute Gasteiger partial charge is 0.365 e. The summed E-state index contributed by atoms with van der Waals surface area (Å²) in [5.41, 5.74) is 0.0363. The molecule has 0 amide bonds. The first-order chi connectivity index (χ1) is 9.24. The predicted molar refractivity (Wildman–Crippen MR) is 75.5 cm³/mol. The highest BCUT2D eigenvalue weighted by atomic mass is 16.1. The fourth-order valence-electron chi connectivity index (χ4n) is 2.87. The summed E-state index contributed by atoms with van der Waals surface area (Å²) in [7, 11) is 2.16. The zero-order valence-corrected chi connectivity index (χ0v) is 11.5. The second-order valence-corrected chi connectivity index (χ2v) is 5.87. The Morgan fingerprint density at radius 3 is 3.00 bits per heavy atom. The number of nitrogens with one attached hydrogen (secondary N) is 1. The van der Waals surface area contributed by atoms with E-state index in [4.69, 9.17) is 0 Å². The summed E-state index contributed by atoms with van der Waals surface area (Å²) >= 11 is 0. The third-order valence-corrected chi connectivity index (χ3v) is 4.09. The first kappa shape index (κ1) is 12.7. The molecule has 1 N–H and O–H groups in total. The summed E-state index contributed by atoms with van der Waals surface area (Å²) in [6.07, 6.45) is 8.26. The average molecular weight is 262 g/mol. The van der Waals surface area contributed by atoms with Crippen LogP contribution in [-0.4, -0.2) is 41.1 Å². The van der Waals surface area contributed by atoms with E-state index in [1.165, 1.54) is 19.4 Å². The van der Waals surface area contributed by atoms with Crippen LogP contribution in [0.2, 0.25) is 0 Å². The lowest BCUT2D eigenvalue weighted by Crippen LogP contribution is -2.36. The van der Waals surface area contributed by atoms with Crippen molar-refractivity contribution >= 4 is 5.82 Å². The van der Waals surface area contributed by atoms with E-state index in [-0.39, 0.29) is 5.56 Å². The highest BCUT2D eigenvalue weighted by Crippen LogP contribution is 2.33. The Kier molecular flexibility index (Phi) is 3.55. The maximum Gasteiger partial charge on any atom is 0.293 e. The van der Waals surface area contributed by atoms with Gasteiger partial charge in [0.2, 0.25) is 0 Å². The lowest BCUT2D eigenvalue weighted by Gasteiger charge is -2.29. The lowest BCUT2D eigenvalue weighted by atomic mass is 9.98. The van der Waals surface area contributed by atoms with Crippen molar-refractivity contribution in [2.45, 2.75) is 31.7 Å². The number of piperidine rings is 1. The zero-order valence-electron chi connectivity index (χ0n) is 11.5. The number of aromatic nitrogens is 2. The van der Waals surface area contributed by atoms with Gasteiger partial charge in [-0.1, -0.05) is 0 Å². The Balaban J connectivity index is 1.63. The minimum atomic E-state index is 0.0363. The summed E-state index contributed by atoms with van der Waals surface area (Å²) in [5.74, 6) is 1.14. The Bertz CT molecular complexity index is 494. The number of nitrogens with zero attached hydrogens (tertiary/aromatic N) is 3. The fourth-order valence-corrected chi connectivity index (χ4v) is 2.87. The van der Waals surface area contributed by atoms with Gasteiger partial charge in [-0.15, -0.1) is 0 Å². The van der Waals surface area contributed by atoms with Gasteiger partial charge >= 0.3 is 0 Å². The second kappa shape index (κ2) is 5.33. The molecule has 1 atom stereocenters. The van der Waals surface area contributed by atoms with E-state index < -0.39 is 0 Å². The molecule has 1 aliphatic carbocycles. The normalized spacial score (nSPS) is 24.4. The molecule has 5 heteroatoms. The molecule has 1 aliphatic heterocycles. The Morgan fingerprint density at radius 1 is 1.42 bits per heavy atom. The smallest absolute Gasteiger partial charge is 0.293 e. The lowest BCUT2D eigenvalue weighted by molar-refractivity contribution is 0.217. The molecule has 1 aromatic heterocycles. The molecule has 104 valence electrons. The SMILES string of the molecule is CN1CCCC(CNc2nccn(C3CC3)c2=O)C1. The van der Waals surface area contributed by atoms with Crippen molar-refractivity contribution in [1.29, 1.82) is 0 Å². The van der Waals surface area contributed by atoms with E-state index in [1.807, 2.05) is 4.57 Å². The summed E-state index contributed by atoms with van der Waals surface area (Å²) in [6.45, 7) is 3.15. The minimum absolute atomic E-state index is 0.0363. The van der Waals surface area contributed by atoms with Crippen LogP contribution < -0.4 is 10.9 Å². The van der Waals surface area contributed by atoms with Crippen LogP contribution in [0.15, 0.2) is 17.2 Å². The van der Waals surface area contributed by atoms with Gasteiger partial charge in [-0.3, -0.25) is 4.79 Å². The molecule has 2 heterocycles. The quantitative estimate of drug-likeness (QED) is 0.889. The van der Waals surface area contributed by atoms with Gasteiger partial charge in [0.15, 0.2) is 5.82 Å². The van der Waals surface area contributed by atoms with Gasteiger partial charge in [0.05, 0.1) is 0 Å². The third-order valence-electron chi connectivity index (χ3n) is 4.09. The van der Waals surface area contributed by atoms with Gasteiger partial charge in [0.1, 0.15) is 0 Å². The van der Waals surface area contributed by atoms with Gasteiger partial charge in [0, 0.05) is 31.5 Å². The molecule has 1 saturated heterocycles. The molecule has 2 aliphatic rings. The maximum absolute atomic E-state index is 12.2. The molecular formula is C14H22N4O. The van der Waals surface area contributed by atoms with Crippen LogP contribution in [0.1, 0.15) is 31.7 Å². The standard InChI is InChI=1S/C14H22N4O/c1-17-7-2-3-11(10-17)9-16-13-14(19)18(8-6-15-13)12-4-5-12/h6,8,11-12H,2-5,7,9-10H2,1H3,(H,15,16). The molecule has 19 heavy (non-hydrogen) atoms. The highest BCUT2D eigenvalue weighted by molar-refractivity contribution is 5.31. The second-order valence-electron chi connectivity index (χ2n) is 5.87. The van der Waals surface area contributed by atoms with E-state index in [9.17, 15) is 4.79 Å². The molecule has 3 rings (SSSR count). The number of likely N-dealkylation sites (tertiary alicyclic amines) is 1. The predicted octanol–water partition coefficient (Wildman–Crippen LogP) is 1.33. The van der Waals surface area contributed by atoms with Gasteiger partial charge in [0.25, 0.3) is 5.56 Å². The molecule has 0 aromatic carbocycles. The summed E-state index contributed by atoms with van der Waals surface area (Å²) in [5, 5.41) is 3.26. The van der Waals surface area contributed by atoms with Crippen LogP contribution in [0.5, 0.6) is 0 Å². The van der Waals surface area contributed by atoms with Crippen molar-refractivity contribution in [3.63, 3.8) is 0 Å². The molecule has 0 radical (unpaired) electrons. The molecule has 5 nitrogen and oxygen atoms in total. The number of rotatable bonds is 4. The Labute approximate surface area is 113 Å². The number of hydrogen-bond donors (Lipinski definition) is 1. The summed E-state index contributed by atoms with van der Waals surface area (Å²) < 4.78 is 1.82. The van der Waals surface area contributed by atoms with Crippen LogP contribution in [0.3, 0.4) is 0 Å². The molecule has 1 saturated carbocycles. The van der Waals surface area contributed by atoms with E-state index in [2.05, 4.69) is 22.2 Å². The number of hydrogen-bond acceptors (Lipinski definition) is 4. The maximum atomic E-state index is 12.2. The molecule has 0 bridgehead atoms. The van der Waals surface area contributed by atoms with E-state index in [0.717, 1.165) is 25.9 Å². The van der Waals surface area contributed by atoms with Crippen LogP contribution in [-0.2, 0) is 0 Å². The fraction of sp³-hybridized carbons (Fsp3) is 0.714. The van der Waals surface area contributed by atoms with Crippen molar-refractivity contribution in [2.24, 2.45) is 5.92 Å². The van der Waals surface area contributed by atoms with Crippen molar-refractivity contribution in [3.05, 3.63) is 22.7 Å². The summed E-state index contributed by atoms with van der Waals surface area (Å²) in [6, 6.07) is 0.414. The monoisotopic (exact) mass is 262 g/mol. The highest BCUT2D eigenvalue weighted by Gasteiger charge is 2.25. The minimum Gasteiger partial charge on any atom is -0.365 e. The van der Waals surface area contributed by atoms with E-state index >= 15 is 0 Å². The Hall–Kier alpha value is -1.36. The van der Waals surface area contributed by atoms with E-state index in [0.29, 0.717) is 17.8 Å². The Morgan fingerprint density at radius 2 is 2.26 bits per heavy atom. The number of anilines is 1. The summed E-state index contributed by atoms with van der Waals surface area (Å²) in [4.78, 5) is 18.8. The van der Waals surface area contributed by atoms with Crippen molar-refractivity contribution in [2.75, 3.05) is 32.0 Å². The molecule has 2 fully saturated rings. The average Bonchev–Trinajstić information content (AvgIpc) is 3.22. The van der Waals surface area contributed by atoms with E-state index in [1.54, 1.807) is 12.4 Å². The van der Waals surface area contributed by atoms with Crippen LogP contribution >= 0.6 is 0 Å². The molecule has 0 spiro atoms. The van der Waals surface area contributed by atoms with Gasteiger partial charge in [-0.05, 0) is 45.2 Å². The van der Waals surface area contributed by atoms with Crippen LogP contribution in [0, 0.1) is 5.92 Å².